The fourth-order valence-electron chi connectivity index (χ4n) is 9.43. The molecule has 0 bridgehead atoms. The van der Waals surface area contributed by atoms with E-state index in [-0.39, 0.29) is 30.0 Å². The average Bonchev–Trinajstić information content (AvgIpc) is 3.73. The first-order chi connectivity index (χ1) is 28.7. The lowest BCUT2D eigenvalue weighted by atomic mass is 9.94. The van der Waals surface area contributed by atoms with Crippen LogP contribution in [0.15, 0.2) is 79.1 Å². The number of imide groups is 2. The van der Waals surface area contributed by atoms with Crippen LogP contribution in [0.3, 0.4) is 0 Å². The monoisotopic (exact) mass is 798 g/mol. The van der Waals surface area contributed by atoms with Gasteiger partial charge in [-0.15, -0.1) is 0 Å². The quantitative estimate of drug-likeness (QED) is 0.215. The Morgan fingerprint density at radius 1 is 0.763 bits per heavy atom. The maximum atomic E-state index is 16.3. The van der Waals surface area contributed by atoms with E-state index in [0.29, 0.717) is 47.3 Å². The number of anilines is 2. The molecule has 5 aliphatic heterocycles. The molecule has 0 saturated carbocycles. The van der Waals surface area contributed by atoms with Gasteiger partial charge in [0.15, 0.2) is 5.65 Å². The fourth-order valence-corrected chi connectivity index (χ4v) is 9.43. The molecule has 2 aromatic heterocycles. The summed E-state index contributed by atoms with van der Waals surface area (Å²) in [6, 6.07) is 21.6. The van der Waals surface area contributed by atoms with Gasteiger partial charge < -0.3 is 15.4 Å². The Hall–Kier alpha value is -6.26. The number of piperidine rings is 3. The van der Waals surface area contributed by atoms with Crippen LogP contribution in [0.1, 0.15) is 58.9 Å². The molecule has 4 fully saturated rings. The van der Waals surface area contributed by atoms with Crippen LogP contribution in [0.5, 0.6) is 11.5 Å². The van der Waals surface area contributed by atoms with Gasteiger partial charge in [0.1, 0.15) is 41.6 Å². The van der Waals surface area contributed by atoms with Gasteiger partial charge in [0, 0.05) is 69.0 Å². The van der Waals surface area contributed by atoms with E-state index in [4.69, 9.17) is 15.6 Å². The summed E-state index contributed by atoms with van der Waals surface area (Å²) in [6.07, 6.45) is 2.94. The zero-order valence-electron chi connectivity index (χ0n) is 32.2. The highest BCUT2D eigenvalue weighted by molar-refractivity contribution is 6.23. The Morgan fingerprint density at radius 3 is 2.24 bits per heavy atom. The van der Waals surface area contributed by atoms with Crippen molar-refractivity contribution in [1.29, 1.82) is 0 Å². The first kappa shape index (κ1) is 37.0. The number of alkyl halides is 1. The standard InChI is InChI=1S/C43H43FN10O5/c44-33-23-51(19-16-34(33)54-40-37(39(45)46-24-47-40)38(49-54)25-6-9-30(10-7-25)59-29-4-2-1-3-5-29)26-14-17-50(18-15-26)28-21-52(22-28)27-8-11-31-32(20-27)43(58)53(42(31)57)35-12-13-36(55)48-41(35)56/h1-11,20,24,26,28,33-35H,12-19,21-23H2,(H2,45,46,47)(H,48,55,56)/t33-,34?,35?/m1/s1. The summed E-state index contributed by atoms with van der Waals surface area (Å²) in [5.74, 6) is -0.309. The normalized spacial score (nSPS) is 23.4. The van der Waals surface area contributed by atoms with Crippen LogP contribution in [0.4, 0.5) is 15.9 Å². The number of amides is 4. The summed E-state index contributed by atoms with van der Waals surface area (Å²) in [4.78, 5) is 67.3. The minimum atomic E-state index is -1.15. The third kappa shape index (κ3) is 6.65. The van der Waals surface area contributed by atoms with E-state index in [0.717, 1.165) is 67.5 Å². The Labute approximate surface area is 338 Å². The van der Waals surface area contributed by atoms with E-state index in [1.54, 1.807) is 16.8 Å². The molecule has 3 aromatic carbocycles. The topological polar surface area (TPSA) is 172 Å². The summed E-state index contributed by atoms with van der Waals surface area (Å²) < 4.78 is 24.0. The van der Waals surface area contributed by atoms with Crippen LogP contribution in [0.2, 0.25) is 0 Å². The van der Waals surface area contributed by atoms with E-state index < -0.39 is 41.9 Å². The summed E-state index contributed by atoms with van der Waals surface area (Å²) in [7, 11) is 0. The number of nitrogens with two attached hydrogens (primary N) is 1. The Balaban J connectivity index is 0.745. The van der Waals surface area contributed by atoms with E-state index in [1.165, 1.54) is 6.33 Å². The number of likely N-dealkylation sites (tertiary alicyclic amines) is 2. The minimum Gasteiger partial charge on any atom is -0.457 e. The van der Waals surface area contributed by atoms with E-state index in [9.17, 15) is 19.2 Å². The van der Waals surface area contributed by atoms with Crippen molar-refractivity contribution < 1.29 is 28.3 Å². The molecule has 10 rings (SSSR count). The van der Waals surface area contributed by atoms with Crippen LogP contribution in [-0.4, -0.2) is 122 Å². The van der Waals surface area contributed by atoms with Crippen molar-refractivity contribution in [3.05, 3.63) is 90.3 Å². The highest BCUT2D eigenvalue weighted by Crippen LogP contribution is 2.38. The molecule has 16 heteroatoms. The number of nitrogens with zero attached hydrogens (tertiary/aromatic N) is 8. The molecule has 15 nitrogen and oxygen atoms in total. The minimum absolute atomic E-state index is 0.0808. The molecule has 0 radical (unpaired) electrons. The molecule has 5 aliphatic rings. The highest BCUT2D eigenvalue weighted by Gasteiger charge is 2.45. The molecular weight excluding hydrogens is 756 g/mol. The largest absolute Gasteiger partial charge is 0.457 e. The van der Waals surface area contributed by atoms with Gasteiger partial charge in [0.25, 0.3) is 11.8 Å². The number of ether oxygens (including phenoxy) is 1. The number of nitrogens with one attached hydrogen (secondary N) is 1. The van der Waals surface area contributed by atoms with E-state index in [1.807, 2.05) is 60.7 Å². The second kappa shape index (κ2) is 14.8. The van der Waals surface area contributed by atoms with Gasteiger partial charge in [-0.05, 0) is 80.3 Å². The van der Waals surface area contributed by atoms with Crippen molar-refractivity contribution >= 4 is 46.2 Å². The van der Waals surface area contributed by atoms with E-state index >= 15 is 4.39 Å². The lowest BCUT2D eigenvalue weighted by molar-refractivity contribution is -0.136. The van der Waals surface area contributed by atoms with Gasteiger partial charge in [-0.1, -0.05) is 18.2 Å². The molecule has 5 aromatic rings. The predicted octanol–water partition coefficient (Wildman–Crippen LogP) is 4.21. The smallest absolute Gasteiger partial charge is 0.262 e. The van der Waals surface area contributed by atoms with Crippen LogP contribution in [0.25, 0.3) is 22.3 Å². The van der Waals surface area contributed by atoms with Gasteiger partial charge in [-0.3, -0.25) is 39.2 Å². The van der Waals surface area contributed by atoms with Gasteiger partial charge in [-0.25, -0.2) is 19.0 Å². The number of carbonyl (C=O) groups excluding carboxylic acids is 4. The fraction of sp³-hybridized carbons (Fsp3) is 0.372. The molecule has 4 amide bonds. The molecule has 0 spiro atoms. The van der Waals surface area contributed by atoms with Gasteiger partial charge >= 0.3 is 0 Å². The number of rotatable bonds is 8. The molecule has 7 heterocycles. The number of para-hydroxylation sites is 1. The SMILES string of the molecule is Nc1ncnc2c1c(-c1ccc(Oc3ccccc3)cc1)nn2C1CCN(C2CCN(C3CN(c4ccc5c(c4)C(=O)N(C4CCC(=O)NC4=O)C5=O)C3)CC2)C[C@H]1F. The van der Waals surface area contributed by atoms with Crippen molar-refractivity contribution in [3.8, 4) is 22.8 Å². The third-order valence-electron chi connectivity index (χ3n) is 12.7. The van der Waals surface area contributed by atoms with Crippen molar-refractivity contribution in [1.82, 2.24) is 39.8 Å². The van der Waals surface area contributed by atoms with Crippen molar-refractivity contribution in [2.45, 2.75) is 62.4 Å². The van der Waals surface area contributed by atoms with Crippen LogP contribution >= 0.6 is 0 Å². The second-order valence-corrected chi connectivity index (χ2v) is 16.1. The maximum absolute atomic E-state index is 16.3. The Kier molecular flexibility index (Phi) is 9.32. The summed E-state index contributed by atoms with van der Waals surface area (Å²) in [5.41, 5.74) is 9.75. The molecule has 3 N–H and O–H groups in total. The number of fused-ring (bicyclic) bond motifs is 2. The van der Waals surface area contributed by atoms with Gasteiger partial charge in [0.05, 0.1) is 22.6 Å². The van der Waals surface area contributed by atoms with Crippen molar-refractivity contribution in [2.24, 2.45) is 0 Å². The first-order valence-electron chi connectivity index (χ1n) is 20.2. The highest BCUT2D eigenvalue weighted by atomic mass is 19.1. The third-order valence-corrected chi connectivity index (χ3v) is 12.7. The van der Waals surface area contributed by atoms with Crippen LogP contribution in [0, 0.1) is 0 Å². The zero-order valence-corrected chi connectivity index (χ0v) is 32.2. The molecule has 0 aliphatic carbocycles. The van der Waals surface area contributed by atoms with Crippen molar-refractivity contribution in [3.63, 3.8) is 0 Å². The number of aromatic nitrogens is 4. The molecule has 3 atom stereocenters. The van der Waals surface area contributed by atoms with Gasteiger partial charge in [-0.2, -0.15) is 5.10 Å². The molecule has 302 valence electrons. The first-order valence-corrected chi connectivity index (χ1v) is 20.2. The Morgan fingerprint density at radius 2 is 1.49 bits per heavy atom. The average molecular weight is 799 g/mol. The van der Waals surface area contributed by atoms with E-state index in [2.05, 4.69) is 30.0 Å². The Bertz CT molecular complexity index is 2470. The molecule has 2 unspecified atom stereocenters. The van der Waals surface area contributed by atoms with Crippen LogP contribution in [-0.2, 0) is 9.59 Å². The lowest BCUT2D eigenvalue weighted by Gasteiger charge is -2.50. The molecule has 59 heavy (non-hydrogen) atoms. The number of hydrogen-bond donors (Lipinski definition) is 2. The summed E-state index contributed by atoms with van der Waals surface area (Å²) in [6.45, 7) is 4.47. The molecule has 4 saturated heterocycles. The maximum Gasteiger partial charge on any atom is 0.262 e. The number of nitrogen functional groups attached to an aromatic ring is 1. The summed E-state index contributed by atoms with van der Waals surface area (Å²) in [5, 5.41) is 7.78. The number of benzene rings is 3. The lowest BCUT2D eigenvalue weighted by Crippen LogP contribution is -2.62. The number of carbonyl (C=O) groups is 4. The predicted molar refractivity (Wildman–Crippen MR) is 216 cm³/mol. The van der Waals surface area contributed by atoms with Crippen molar-refractivity contribution in [2.75, 3.05) is 49.9 Å². The number of halogens is 1. The number of hydrogen-bond acceptors (Lipinski definition) is 12. The zero-order chi connectivity index (χ0) is 40.4. The molecular formula is C43H43FN10O5. The summed E-state index contributed by atoms with van der Waals surface area (Å²) >= 11 is 0. The second-order valence-electron chi connectivity index (χ2n) is 16.1. The van der Waals surface area contributed by atoms with Crippen LogP contribution < -0.4 is 20.7 Å². The van der Waals surface area contributed by atoms with Gasteiger partial charge in [0.2, 0.25) is 11.8 Å².